The van der Waals surface area contributed by atoms with E-state index in [1.807, 2.05) is 13.0 Å². The fraction of sp³-hybridized carbons (Fsp3) is 0.412. The second-order valence-electron chi connectivity index (χ2n) is 5.50. The van der Waals surface area contributed by atoms with Crippen LogP contribution in [0.4, 0.5) is 0 Å². The summed E-state index contributed by atoms with van der Waals surface area (Å²) < 4.78 is 5.97. The SMILES string of the molecule is CCCc1nc(Cl)c(C)c(Oc2ccc3c(c2)CCC3)n1. The summed E-state index contributed by atoms with van der Waals surface area (Å²) in [7, 11) is 0. The number of hydrogen-bond donors (Lipinski definition) is 0. The number of rotatable bonds is 4. The van der Waals surface area contributed by atoms with E-state index in [1.54, 1.807) is 0 Å². The van der Waals surface area contributed by atoms with Crippen LogP contribution in [0.1, 0.15) is 42.3 Å². The highest BCUT2D eigenvalue weighted by Crippen LogP contribution is 2.31. The van der Waals surface area contributed by atoms with Crippen molar-refractivity contribution in [2.45, 2.75) is 46.0 Å². The van der Waals surface area contributed by atoms with E-state index < -0.39 is 0 Å². The van der Waals surface area contributed by atoms with Gasteiger partial charge >= 0.3 is 0 Å². The fourth-order valence-corrected chi connectivity index (χ4v) is 2.85. The molecule has 0 bridgehead atoms. The van der Waals surface area contributed by atoms with Crippen LogP contribution in [0.3, 0.4) is 0 Å². The van der Waals surface area contributed by atoms with E-state index in [0.717, 1.165) is 36.4 Å². The van der Waals surface area contributed by atoms with Crippen LogP contribution in [0, 0.1) is 6.92 Å². The van der Waals surface area contributed by atoms with E-state index in [2.05, 4.69) is 29.0 Å². The zero-order valence-electron chi connectivity index (χ0n) is 12.4. The summed E-state index contributed by atoms with van der Waals surface area (Å²) in [6, 6.07) is 6.29. The van der Waals surface area contributed by atoms with E-state index >= 15 is 0 Å². The van der Waals surface area contributed by atoms with Crippen LogP contribution in [0.15, 0.2) is 18.2 Å². The summed E-state index contributed by atoms with van der Waals surface area (Å²) >= 11 is 6.18. The van der Waals surface area contributed by atoms with Gasteiger partial charge in [-0.25, -0.2) is 4.98 Å². The maximum absolute atomic E-state index is 6.18. The summed E-state index contributed by atoms with van der Waals surface area (Å²) in [6.07, 6.45) is 5.34. The van der Waals surface area contributed by atoms with Gasteiger partial charge in [-0.05, 0) is 55.9 Å². The second-order valence-corrected chi connectivity index (χ2v) is 5.85. The van der Waals surface area contributed by atoms with Crippen LogP contribution in [0.5, 0.6) is 11.6 Å². The molecule has 4 heteroatoms. The van der Waals surface area contributed by atoms with Crippen molar-refractivity contribution in [1.82, 2.24) is 9.97 Å². The lowest BCUT2D eigenvalue weighted by atomic mass is 10.1. The molecule has 3 rings (SSSR count). The molecule has 0 saturated carbocycles. The number of halogens is 1. The molecular weight excluding hydrogens is 284 g/mol. The van der Waals surface area contributed by atoms with Gasteiger partial charge in [0.05, 0.1) is 0 Å². The highest BCUT2D eigenvalue weighted by molar-refractivity contribution is 6.30. The molecule has 1 aromatic carbocycles. The number of hydrogen-bond acceptors (Lipinski definition) is 3. The summed E-state index contributed by atoms with van der Waals surface area (Å²) in [6.45, 7) is 3.99. The lowest BCUT2D eigenvalue weighted by molar-refractivity contribution is 0.453. The Morgan fingerprint density at radius 2 is 2.00 bits per heavy atom. The second kappa shape index (κ2) is 6.02. The van der Waals surface area contributed by atoms with Crippen molar-refractivity contribution in [2.75, 3.05) is 0 Å². The molecular formula is C17H19ClN2O. The number of ether oxygens (including phenoxy) is 1. The van der Waals surface area contributed by atoms with E-state index in [4.69, 9.17) is 16.3 Å². The van der Waals surface area contributed by atoms with Gasteiger partial charge in [-0.15, -0.1) is 0 Å². The predicted molar refractivity (Wildman–Crippen MR) is 84.3 cm³/mol. The molecule has 1 heterocycles. The van der Waals surface area contributed by atoms with E-state index in [1.165, 1.54) is 24.0 Å². The first-order valence-corrected chi connectivity index (χ1v) is 7.88. The Labute approximate surface area is 130 Å². The van der Waals surface area contributed by atoms with Gasteiger partial charge in [0.2, 0.25) is 5.88 Å². The normalized spacial score (nSPS) is 13.3. The lowest BCUT2D eigenvalue weighted by Gasteiger charge is -2.11. The van der Waals surface area contributed by atoms with Gasteiger partial charge in [0.15, 0.2) is 0 Å². The smallest absolute Gasteiger partial charge is 0.226 e. The van der Waals surface area contributed by atoms with Crippen molar-refractivity contribution in [1.29, 1.82) is 0 Å². The van der Waals surface area contributed by atoms with Gasteiger partial charge in [0.25, 0.3) is 0 Å². The van der Waals surface area contributed by atoms with Crippen molar-refractivity contribution in [3.8, 4) is 11.6 Å². The molecule has 1 aromatic heterocycles. The van der Waals surface area contributed by atoms with Crippen molar-refractivity contribution >= 4 is 11.6 Å². The van der Waals surface area contributed by atoms with Crippen LogP contribution in [-0.4, -0.2) is 9.97 Å². The average molecular weight is 303 g/mol. The Kier molecular flexibility index (Phi) is 4.11. The Balaban J connectivity index is 1.90. The molecule has 1 aliphatic rings. The number of benzene rings is 1. The van der Waals surface area contributed by atoms with Gasteiger partial charge in [0.1, 0.15) is 16.7 Å². The Morgan fingerprint density at radius 3 is 2.81 bits per heavy atom. The third kappa shape index (κ3) is 3.03. The number of aryl methyl sites for hydroxylation is 3. The maximum atomic E-state index is 6.18. The Bertz CT molecular complexity index is 670. The molecule has 110 valence electrons. The zero-order chi connectivity index (χ0) is 14.8. The minimum atomic E-state index is 0.476. The average Bonchev–Trinajstić information content (AvgIpc) is 2.92. The molecule has 2 aromatic rings. The van der Waals surface area contributed by atoms with Crippen LogP contribution in [0.2, 0.25) is 5.15 Å². The first-order valence-electron chi connectivity index (χ1n) is 7.50. The highest BCUT2D eigenvalue weighted by Gasteiger charge is 2.14. The van der Waals surface area contributed by atoms with Crippen LogP contribution < -0.4 is 4.74 Å². The van der Waals surface area contributed by atoms with Crippen LogP contribution >= 0.6 is 11.6 Å². The van der Waals surface area contributed by atoms with E-state index in [9.17, 15) is 0 Å². The third-order valence-electron chi connectivity index (χ3n) is 3.85. The van der Waals surface area contributed by atoms with Crippen LogP contribution in [-0.2, 0) is 19.3 Å². The monoisotopic (exact) mass is 302 g/mol. The largest absolute Gasteiger partial charge is 0.439 e. The summed E-state index contributed by atoms with van der Waals surface area (Å²) in [5, 5.41) is 0.476. The Hall–Kier alpha value is -1.61. The molecule has 0 atom stereocenters. The third-order valence-corrected chi connectivity index (χ3v) is 4.21. The van der Waals surface area contributed by atoms with Crippen molar-refractivity contribution in [3.05, 3.63) is 45.9 Å². The summed E-state index contributed by atoms with van der Waals surface area (Å²) in [4.78, 5) is 8.79. The highest BCUT2D eigenvalue weighted by atomic mass is 35.5. The van der Waals surface area contributed by atoms with Crippen LogP contribution in [0.25, 0.3) is 0 Å². The Morgan fingerprint density at radius 1 is 1.19 bits per heavy atom. The van der Waals surface area contributed by atoms with Gasteiger partial charge in [-0.1, -0.05) is 24.6 Å². The number of aromatic nitrogens is 2. The van der Waals surface area contributed by atoms with Gasteiger partial charge < -0.3 is 4.74 Å². The van der Waals surface area contributed by atoms with Gasteiger partial charge in [-0.3, -0.25) is 0 Å². The topological polar surface area (TPSA) is 35.0 Å². The minimum Gasteiger partial charge on any atom is -0.439 e. The van der Waals surface area contributed by atoms with Gasteiger partial charge in [-0.2, -0.15) is 4.98 Å². The lowest BCUT2D eigenvalue weighted by Crippen LogP contribution is -2.01. The van der Waals surface area contributed by atoms with Crippen molar-refractivity contribution < 1.29 is 4.74 Å². The zero-order valence-corrected chi connectivity index (χ0v) is 13.2. The first kappa shape index (κ1) is 14.3. The molecule has 3 nitrogen and oxygen atoms in total. The van der Waals surface area contributed by atoms with Gasteiger partial charge in [0, 0.05) is 12.0 Å². The predicted octanol–water partition coefficient (Wildman–Crippen LogP) is 4.67. The molecule has 0 N–H and O–H groups in total. The van der Waals surface area contributed by atoms with E-state index in [-0.39, 0.29) is 0 Å². The first-order chi connectivity index (χ1) is 10.2. The molecule has 0 amide bonds. The molecule has 0 unspecified atom stereocenters. The molecule has 0 spiro atoms. The van der Waals surface area contributed by atoms with Crippen molar-refractivity contribution in [2.24, 2.45) is 0 Å². The van der Waals surface area contributed by atoms with E-state index in [0.29, 0.717) is 11.0 Å². The number of fused-ring (bicyclic) bond motifs is 1. The minimum absolute atomic E-state index is 0.476. The standard InChI is InChI=1S/C17H19ClN2O/c1-3-5-15-19-16(18)11(2)17(20-15)21-14-9-8-12-6-4-7-13(12)10-14/h8-10H,3-7H2,1-2H3. The summed E-state index contributed by atoms with van der Waals surface area (Å²) in [5.41, 5.74) is 3.61. The summed E-state index contributed by atoms with van der Waals surface area (Å²) in [5.74, 6) is 2.14. The molecule has 0 radical (unpaired) electrons. The molecule has 0 saturated heterocycles. The molecule has 0 fully saturated rings. The maximum Gasteiger partial charge on any atom is 0.226 e. The molecule has 1 aliphatic carbocycles. The molecule has 21 heavy (non-hydrogen) atoms. The van der Waals surface area contributed by atoms with Crippen molar-refractivity contribution in [3.63, 3.8) is 0 Å². The molecule has 0 aliphatic heterocycles. The number of nitrogens with zero attached hydrogens (tertiary/aromatic N) is 2. The fourth-order valence-electron chi connectivity index (χ4n) is 2.67. The quantitative estimate of drug-likeness (QED) is 0.770.